The van der Waals surface area contributed by atoms with E-state index in [1.54, 1.807) is 30.2 Å². The van der Waals surface area contributed by atoms with Gasteiger partial charge in [0.1, 0.15) is 12.4 Å². The minimum Gasteiger partial charge on any atom is -0.490 e. The lowest BCUT2D eigenvalue weighted by Gasteiger charge is -2.17. The first-order valence-corrected chi connectivity index (χ1v) is 11.7. The summed E-state index contributed by atoms with van der Waals surface area (Å²) in [6.45, 7) is 1.59. The zero-order valence-electron chi connectivity index (χ0n) is 18.5. The molecule has 1 unspecified atom stereocenters. The zero-order chi connectivity index (χ0) is 24.5. The number of thiocarbonyl (C=S) groups is 1. The average Bonchev–Trinajstić information content (AvgIpc) is 3.19. The summed E-state index contributed by atoms with van der Waals surface area (Å²) in [6.07, 6.45) is 0.117. The Morgan fingerprint density at radius 1 is 1.15 bits per heavy atom. The van der Waals surface area contributed by atoms with Crippen LogP contribution in [-0.4, -0.2) is 54.6 Å². The zero-order valence-corrected chi connectivity index (χ0v) is 20.9. The summed E-state index contributed by atoms with van der Waals surface area (Å²) in [7, 11) is 1.58. The molecule has 0 aliphatic carbocycles. The number of hydrazine groups is 1. The molecule has 0 spiro atoms. The Kier molecular flexibility index (Phi) is 9.37. The van der Waals surface area contributed by atoms with E-state index in [2.05, 4.69) is 32.1 Å². The quantitative estimate of drug-likeness (QED) is 0.263. The molecule has 180 valence electrons. The molecule has 11 heteroatoms. The largest absolute Gasteiger partial charge is 0.490 e. The van der Waals surface area contributed by atoms with Crippen molar-refractivity contribution in [3.63, 3.8) is 0 Å². The van der Waals surface area contributed by atoms with E-state index in [1.807, 2.05) is 30.3 Å². The van der Waals surface area contributed by atoms with Crippen molar-refractivity contribution in [2.24, 2.45) is 5.92 Å². The van der Waals surface area contributed by atoms with E-state index in [0.717, 1.165) is 5.56 Å². The van der Waals surface area contributed by atoms with Crippen LogP contribution in [0, 0.1) is 5.92 Å². The van der Waals surface area contributed by atoms with Gasteiger partial charge in [0.15, 0.2) is 5.11 Å². The molecule has 3 amide bonds. The van der Waals surface area contributed by atoms with Crippen molar-refractivity contribution in [3.8, 4) is 5.75 Å². The van der Waals surface area contributed by atoms with Gasteiger partial charge in [-0.15, -0.1) is 0 Å². The molecule has 1 aliphatic heterocycles. The number of carbonyl (C=O) groups excluding carboxylic acids is 3. The van der Waals surface area contributed by atoms with Gasteiger partial charge in [-0.05, 0) is 51.9 Å². The molecule has 0 saturated carbocycles. The van der Waals surface area contributed by atoms with Gasteiger partial charge in [0.2, 0.25) is 11.8 Å². The van der Waals surface area contributed by atoms with Crippen molar-refractivity contribution in [2.75, 3.05) is 26.9 Å². The van der Waals surface area contributed by atoms with Gasteiger partial charge in [-0.2, -0.15) is 0 Å². The molecule has 1 atom stereocenters. The molecule has 3 rings (SSSR count). The number of likely N-dealkylation sites (tertiary alicyclic amines) is 1. The number of hydrogen-bond donors (Lipinski definition) is 3. The van der Waals surface area contributed by atoms with Gasteiger partial charge in [0, 0.05) is 32.2 Å². The predicted octanol–water partition coefficient (Wildman–Crippen LogP) is 2.16. The van der Waals surface area contributed by atoms with Crippen LogP contribution in [0.4, 0.5) is 0 Å². The van der Waals surface area contributed by atoms with Crippen LogP contribution in [0.2, 0.25) is 0 Å². The van der Waals surface area contributed by atoms with Crippen LogP contribution < -0.4 is 20.9 Å². The maximum atomic E-state index is 12.5. The van der Waals surface area contributed by atoms with Gasteiger partial charge in [0.05, 0.1) is 17.0 Å². The van der Waals surface area contributed by atoms with Gasteiger partial charge in [-0.3, -0.25) is 30.6 Å². The molecule has 3 N–H and O–H groups in total. The maximum absolute atomic E-state index is 12.5. The van der Waals surface area contributed by atoms with Crippen molar-refractivity contribution in [1.29, 1.82) is 0 Å². The van der Waals surface area contributed by atoms with Crippen molar-refractivity contribution in [1.82, 2.24) is 21.1 Å². The van der Waals surface area contributed by atoms with E-state index in [0.29, 0.717) is 42.1 Å². The summed E-state index contributed by atoms with van der Waals surface area (Å²) in [5.74, 6) is -0.848. The van der Waals surface area contributed by atoms with Crippen molar-refractivity contribution >= 4 is 51.0 Å². The summed E-state index contributed by atoms with van der Waals surface area (Å²) >= 11 is 8.47. The fourth-order valence-corrected chi connectivity index (χ4v) is 3.96. The number of benzene rings is 2. The number of amides is 3. The fourth-order valence-electron chi connectivity index (χ4n) is 3.33. The maximum Gasteiger partial charge on any atom is 0.257 e. The first-order chi connectivity index (χ1) is 16.4. The summed E-state index contributed by atoms with van der Waals surface area (Å²) in [6, 6.07) is 14.4. The van der Waals surface area contributed by atoms with Crippen molar-refractivity contribution in [3.05, 3.63) is 64.1 Å². The van der Waals surface area contributed by atoms with Gasteiger partial charge in [-0.25, -0.2) is 0 Å². The van der Waals surface area contributed by atoms with Gasteiger partial charge in [0.25, 0.3) is 5.91 Å². The molecule has 2 aromatic carbocycles. The standard InChI is InChI=1S/C23H25BrN4O5S/c1-32-9-10-33-19-8-7-16(11-18(19)24)21(30)25-23(34)27-26-22(31)17-12-20(29)28(14-17)13-15-5-3-2-4-6-15/h2-8,11,17H,9-10,12-14H2,1H3,(H,26,31)(H2,25,27,30,34). The summed E-state index contributed by atoms with van der Waals surface area (Å²) in [5.41, 5.74) is 6.34. The second kappa shape index (κ2) is 12.4. The van der Waals surface area contributed by atoms with Crippen LogP contribution in [0.15, 0.2) is 53.0 Å². The molecular formula is C23H25BrN4O5S. The number of methoxy groups -OCH3 is 1. The second-order valence-corrected chi connectivity index (χ2v) is 8.81. The lowest BCUT2D eigenvalue weighted by atomic mass is 10.1. The fraction of sp³-hybridized carbons (Fsp3) is 0.304. The minimum atomic E-state index is -0.510. The number of ether oxygens (including phenoxy) is 2. The molecule has 0 radical (unpaired) electrons. The Morgan fingerprint density at radius 2 is 1.91 bits per heavy atom. The average molecular weight is 549 g/mol. The first-order valence-electron chi connectivity index (χ1n) is 10.5. The highest BCUT2D eigenvalue weighted by Gasteiger charge is 2.34. The van der Waals surface area contributed by atoms with E-state index in [4.69, 9.17) is 21.7 Å². The SMILES string of the molecule is COCCOc1ccc(C(=O)NC(=S)NNC(=O)C2CC(=O)N(Cc3ccccc3)C2)cc1Br. The van der Waals surface area contributed by atoms with Gasteiger partial charge >= 0.3 is 0 Å². The van der Waals surface area contributed by atoms with Crippen LogP contribution in [0.3, 0.4) is 0 Å². The van der Waals surface area contributed by atoms with Crippen molar-refractivity contribution < 1.29 is 23.9 Å². The molecule has 1 saturated heterocycles. The van der Waals surface area contributed by atoms with Crippen LogP contribution >= 0.6 is 28.1 Å². The summed E-state index contributed by atoms with van der Waals surface area (Å²) in [5, 5.41) is 2.43. The summed E-state index contributed by atoms with van der Waals surface area (Å²) < 4.78 is 11.1. The molecule has 34 heavy (non-hydrogen) atoms. The molecule has 0 bridgehead atoms. The highest BCUT2D eigenvalue weighted by atomic mass is 79.9. The van der Waals surface area contributed by atoms with Gasteiger partial charge in [-0.1, -0.05) is 30.3 Å². The molecule has 0 aromatic heterocycles. The van der Waals surface area contributed by atoms with Gasteiger partial charge < -0.3 is 14.4 Å². The molecule has 1 heterocycles. The third-order valence-corrected chi connectivity index (χ3v) is 5.89. The molecule has 1 fully saturated rings. The van der Waals surface area contributed by atoms with E-state index >= 15 is 0 Å². The monoisotopic (exact) mass is 548 g/mol. The lowest BCUT2D eigenvalue weighted by molar-refractivity contribution is -0.129. The first kappa shape index (κ1) is 25.6. The van der Waals surface area contributed by atoms with E-state index in [9.17, 15) is 14.4 Å². The topological polar surface area (TPSA) is 109 Å². The Balaban J connectivity index is 1.44. The highest BCUT2D eigenvalue weighted by molar-refractivity contribution is 9.10. The van der Waals surface area contributed by atoms with Crippen LogP contribution in [0.25, 0.3) is 0 Å². The van der Waals surface area contributed by atoms with Crippen LogP contribution in [-0.2, 0) is 20.9 Å². The number of nitrogens with zero attached hydrogens (tertiary/aromatic N) is 1. The number of halogens is 1. The molecule has 1 aliphatic rings. The number of hydrogen-bond acceptors (Lipinski definition) is 6. The minimum absolute atomic E-state index is 0.0691. The van der Waals surface area contributed by atoms with Crippen molar-refractivity contribution in [2.45, 2.75) is 13.0 Å². The second-order valence-electron chi connectivity index (χ2n) is 7.54. The molecular weight excluding hydrogens is 524 g/mol. The highest BCUT2D eigenvalue weighted by Crippen LogP contribution is 2.26. The number of nitrogens with one attached hydrogen (secondary N) is 3. The number of rotatable bonds is 8. The third-order valence-electron chi connectivity index (χ3n) is 5.07. The van der Waals surface area contributed by atoms with E-state index in [1.165, 1.54) is 0 Å². The lowest BCUT2D eigenvalue weighted by Crippen LogP contribution is -2.50. The van der Waals surface area contributed by atoms with E-state index < -0.39 is 11.8 Å². The van der Waals surface area contributed by atoms with E-state index in [-0.39, 0.29) is 23.3 Å². The number of carbonyl (C=O) groups is 3. The Hall–Kier alpha value is -3.02. The predicted molar refractivity (Wildman–Crippen MR) is 133 cm³/mol. The van der Waals surface area contributed by atoms with Crippen LogP contribution in [0.5, 0.6) is 5.75 Å². The Morgan fingerprint density at radius 3 is 2.62 bits per heavy atom. The third kappa shape index (κ3) is 7.24. The van der Waals surface area contributed by atoms with Crippen LogP contribution in [0.1, 0.15) is 22.3 Å². The Labute approximate surface area is 211 Å². The molecule has 2 aromatic rings. The Bertz CT molecular complexity index is 1050. The smallest absolute Gasteiger partial charge is 0.257 e. The summed E-state index contributed by atoms with van der Waals surface area (Å²) in [4.78, 5) is 38.9. The molecule has 9 nitrogen and oxygen atoms in total. The normalized spacial score (nSPS) is 15.1.